The number of ether oxygens (including phenoxy) is 1. The third-order valence-electron chi connectivity index (χ3n) is 6.56. The number of methoxy groups -OCH3 is 1. The van der Waals surface area contributed by atoms with E-state index in [1.165, 1.54) is 38.8 Å². The van der Waals surface area contributed by atoms with Gasteiger partial charge in [-0.15, -0.1) is 0 Å². The third kappa shape index (κ3) is 3.71. The molecule has 2 heterocycles. The Morgan fingerprint density at radius 3 is 2.44 bits per heavy atom. The van der Waals surface area contributed by atoms with E-state index < -0.39 is 5.60 Å². The van der Waals surface area contributed by atoms with Gasteiger partial charge in [-0.05, 0) is 51.7 Å². The molecule has 4 rings (SSSR count). The van der Waals surface area contributed by atoms with Gasteiger partial charge in [0, 0.05) is 62.2 Å². The molecule has 1 aromatic carbocycles. The topological polar surface area (TPSA) is 68.3 Å². The summed E-state index contributed by atoms with van der Waals surface area (Å²) in [6.07, 6.45) is 7.12. The number of nitrogens with zero attached hydrogens (tertiary/aromatic N) is 3. The number of benzene rings is 1. The van der Waals surface area contributed by atoms with Gasteiger partial charge < -0.3 is 15.8 Å². The number of anilines is 1. The number of rotatable bonds is 4. The van der Waals surface area contributed by atoms with E-state index in [-0.39, 0.29) is 0 Å². The number of hydrogen-bond donors (Lipinski definition) is 2. The Hall–Kier alpha value is -1.63. The number of nitrogen functional groups attached to an aromatic ring is 1. The van der Waals surface area contributed by atoms with Crippen LogP contribution in [0.25, 0.3) is 10.9 Å². The van der Waals surface area contributed by atoms with Crippen LogP contribution in [0.5, 0.6) is 0 Å². The Balaban J connectivity index is 1.50. The first-order valence-corrected chi connectivity index (χ1v) is 10.3. The molecule has 0 amide bonds. The smallest absolute Gasteiger partial charge is 0.0928 e. The maximum absolute atomic E-state index is 6.31. The largest absolute Gasteiger partial charge is 0.398 e. The molecule has 148 valence electrons. The Bertz CT molecular complexity index is 785. The molecule has 3 N–H and O–H groups in total. The summed E-state index contributed by atoms with van der Waals surface area (Å²) < 4.78 is 7.80. The second-order valence-corrected chi connectivity index (χ2v) is 8.57. The highest BCUT2D eigenvalue weighted by Crippen LogP contribution is 2.35. The fourth-order valence-electron chi connectivity index (χ4n) is 4.66. The summed E-state index contributed by atoms with van der Waals surface area (Å²) in [5.74, 6) is 0. The molecular formula is C21H33N5O. The normalized spacial score (nSPS) is 25.1. The highest BCUT2D eigenvalue weighted by atomic mass is 16.5. The first-order chi connectivity index (χ1) is 13.0. The van der Waals surface area contributed by atoms with E-state index in [0.717, 1.165) is 41.3 Å². The lowest BCUT2D eigenvalue weighted by Gasteiger charge is -2.39. The summed E-state index contributed by atoms with van der Waals surface area (Å²) >= 11 is 0. The quantitative estimate of drug-likeness (QED) is 0.809. The Morgan fingerprint density at radius 1 is 1.11 bits per heavy atom. The lowest BCUT2D eigenvalue weighted by Crippen LogP contribution is -2.49. The van der Waals surface area contributed by atoms with Crippen LogP contribution in [-0.2, 0) is 10.3 Å². The predicted octanol–water partition coefficient (Wildman–Crippen LogP) is 2.89. The Kier molecular flexibility index (Phi) is 5.14. The van der Waals surface area contributed by atoms with Gasteiger partial charge in [-0.2, -0.15) is 5.10 Å². The summed E-state index contributed by atoms with van der Waals surface area (Å²) in [7, 11) is 1.72. The predicted molar refractivity (Wildman–Crippen MR) is 110 cm³/mol. The van der Waals surface area contributed by atoms with Crippen LogP contribution in [0, 0.1) is 0 Å². The minimum atomic E-state index is -0.413. The zero-order valence-electron chi connectivity index (χ0n) is 16.9. The summed E-state index contributed by atoms with van der Waals surface area (Å²) in [6.45, 7) is 8.73. The van der Waals surface area contributed by atoms with Gasteiger partial charge in [0.1, 0.15) is 0 Å². The Morgan fingerprint density at radius 2 is 1.78 bits per heavy atom. The fourth-order valence-corrected chi connectivity index (χ4v) is 4.66. The maximum Gasteiger partial charge on any atom is 0.0928 e. The van der Waals surface area contributed by atoms with Crippen LogP contribution in [0.2, 0.25) is 0 Å². The fraction of sp³-hybridized carbons (Fsp3) is 0.667. The maximum atomic E-state index is 6.31. The zero-order valence-corrected chi connectivity index (χ0v) is 16.9. The van der Waals surface area contributed by atoms with E-state index in [2.05, 4.69) is 27.2 Å². The highest BCUT2D eigenvalue weighted by molar-refractivity contribution is 5.83. The molecule has 0 radical (unpaired) electrons. The van der Waals surface area contributed by atoms with Gasteiger partial charge in [0.05, 0.1) is 17.2 Å². The molecule has 0 unspecified atom stereocenters. The van der Waals surface area contributed by atoms with Crippen molar-refractivity contribution >= 4 is 16.6 Å². The van der Waals surface area contributed by atoms with Gasteiger partial charge in [-0.3, -0.25) is 9.58 Å². The average molecular weight is 372 g/mol. The number of hydrogen-bond acceptors (Lipinski definition) is 5. The van der Waals surface area contributed by atoms with Crippen molar-refractivity contribution in [2.45, 2.75) is 57.2 Å². The second-order valence-electron chi connectivity index (χ2n) is 8.57. The molecule has 1 saturated heterocycles. The number of nitrogens with one attached hydrogen (secondary N) is 1. The first-order valence-electron chi connectivity index (χ1n) is 10.3. The van der Waals surface area contributed by atoms with Crippen molar-refractivity contribution in [2.24, 2.45) is 0 Å². The molecule has 1 aliphatic carbocycles. The van der Waals surface area contributed by atoms with E-state index in [1.807, 2.05) is 19.9 Å². The van der Waals surface area contributed by atoms with Crippen molar-refractivity contribution in [2.75, 3.05) is 39.0 Å². The van der Waals surface area contributed by atoms with E-state index >= 15 is 0 Å². The first kappa shape index (κ1) is 18.7. The third-order valence-corrected chi connectivity index (χ3v) is 6.56. The lowest BCUT2D eigenvalue weighted by atomic mass is 9.90. The molecule has 1 aromatic heterocycles. The van der Waals surface area contributed by atoms with Gasteiger partial charge >= 0.3 is 0 Å². The van der Waals surface area contributed by atoms with Crippen molar-refractivity contribution in [1.82, 2.24) is 20.0 Å². The Labute approximate surface area is 162 Å². The number of aromatic nitrogens is 2. The number of fused-ring (bicyclic) bond motifs is 1. The molecule has 1 saturated carbocycles. The van der Waals surface area contributed by atoms with Crippen LogP contribution in [0.15, 0.2) is 18.3 Å². The van der Waals surface area contributed by atoms with Crippen molar-refractivity contribution in [3.8, 4) is 0 Å². The number of nitrogens with two attached hydrogens (primary N) is 1. The molecule has 0 bridgehead atoms. The molecule has 2 fully saturated rings. The van der Waals surface area contributed by atoms with Gasteiger partial charge in [-0.1, -0.05) is 0 Å². The van der Waals surface area contributed by atoms with Crippen molar-refractivity contribution < 1.29 is 4.74 Å². The molecule has 0 atom stereocenters. The monoisotopic (exact) mass is 371 g/mol. The van der Waals surface area contributed by atoms with Gasteiger partial charge in [0.25, 0.3) is 0 Å². The SMILES string of the molecule is COC(C)(C)c1cc2nn(C3CCC(N4CCNCC4)CC3)cc2cc1N. The lowest BCUT2D eigenvalue weighted by molar-refractivity contribution is 0.0199. The summed E-state index contributed by atoms with van der Waals surface area (Å²) in [5, 5.41) is 9.48. The van der Waals surface area contributed by atoms with Gasteiger partial charge in [-0.25, -0.2) is 0 Å². The highest BCUT2D eigenvalue weighted by Gasteiger charge is 2.28. The minimum absolute atomic E-state index is 0.413. The summed E-state index contributed by atoms with van der Waals surface area (Å²) in [6, 6.07) is 5.38. The van der Waals surface area contributed by atoms with E-state index in [9.17, 15) is 0 Å². The standard InChI is InChI=1S/C21H33N5O/c1-21(2,27-3)18-13-20-15(12-19(18)22)14-26(24-20)17-6-4-16(5-7-17)25-10-8-23-9-11-25/h12-14,16-17,23H,4-11,22H2,1-3H3. The van der Waals surface area contributed by atoms with E-state index in [4.69, 9.17) is 15.6 Å². The van der Waals surface area contributed by atoms with Crippen molar-refractivity contribution in [3.63, 3.8) is 0 Å². The van der Waals surface area contributed by atoms with Crippen molar-refractivity contribution in [3.05, 3.63) is 23.9 Å². The van der Waals surface area contributed by atoms with Crippen LogP contribution >= 0.6 is 0 Å². The minimum Gasteiger partial charge on any atom is -0.398 e. The molecule has 2 aromatic rings. The summed E-state index contributed by atoms with van der Waals surface area (Å²) in [5.41, 5.74) is 8.68. The van der Waals surface area contributed by atoms with Crippen LogP contribution in [0.3, 0.4) is 0 Å². The molecular weight excluding hydrogens is 338 g/mol. The molecule has 6 heteroatoms. The molecule has 6 nitrogen and oxygen atoms in total. The van der Waals surface area contributed by atoms with Crippen LogP contribution in [0.1, 0.15) is 51.1 Å². The van der Waals surface area contributed by atoms with Crippen LogP contribution in [0.4, 0.5) is 5.69 Å². The van der Waals surface area contributed by atoms with Crippen LogP contribution in [-0.4, -0.2) is 54.0 Å². The molecule has 27 heavy (non-hydrogen) atoms. The molecule has 0 spiro atoms. The molecule has 1 aliphatic heterocycles. The van der Waals surface area contributed by atoms with Crippen molar-refractivity contribution in [1.29, 1.82) is 0 Å². The average Bonchev–Trinajstić information content (AvgIpc) is 3.11. The summed E-state index contributed by atoms with van der Waals surface area (Å²) in [4.78, 5) is 2.67. The van der Waals surface area contributed by atoms with E-state index in [0.29, 0.717) is 6.04 Å². The second kappa shape index (κ2) is 7.41. The van der Waals surface area contributed by atoms with Gasteiger partial charge in [0.15, 0.2) is 0 Å². The van der Waals surface area contributed by atoms with E-state index in [1.54, 1.807) is 7.11 Å². The van der Waals surface area contributed by atoms with Gasteiger partial charge in [0.2, 0.25) is 0 Å². The number of piperazine rings is 1. The van der Waals surface area contributed by atoms with Crippen LogP contribution < -0.4 is 11.1 Å². The molecule has 2 aliphatic rings. The zero-order chi connectivity index (χ0) is 19.0.